The molecule has 1 fully saturated rings. The highest BCUT2D eigenvalue weighted by molar-refractivity contribution is 9.10. The van der Waals surface area contributed by atoms with Gasteiger partial charge in [-0.3, -0.25) is 4.79 Å². The number of hydrogen-bond acceptors (Lipinski definition) is 5. The molecule has 0 radical (unpaired) electrons. The second-order valence-corrected chi connectivity index (χ2v) is 8.70. The minimum Gasteiger partial charge on any atom is -0.444 e. The van der Waals surface area contributed by atoms with Gasteiger partial charge in [-0.2, -0.15) is 0 Å². The summed E-state index contributed by atoms with van der Waals surface area (Å²) >= 11 is 3.34. The van der Waals surface area contributed by atoms with Crippen LogP contribution in [-0.4, -0.2) is 42.1 Å². The van der Waals surface area contributed by atoms with Crippen LogP contribution >= 0.6 is 15.9 Å². The Balaban J connectivity index is 1.89. The Morgan fingerprint density at radius 2 is 2.22 bits per heavy atom. The van der Waals surface area contributed by atoms with Gasteiger partial charge in [-0.15, -0.1) is 0 Å². The Kier molecular flexibility index (Phi) is 7.88. The van der Waals surface area contributed by atoms with Gasteiger partial charge < -0.3 is 24.1 Å². The lowest BCUT2D eigenvalue weighted by atomic mass is 10.1. The van der Waals surface area contributed by atoms with Crippen LogP contribution in [0.4, 0.5) is 4.79 Å². The number of hydrogen-bond donors (Lipinski definition) is 1. The zero-order valence-electron chi connectivity index (χ0n) is 16.4. The zero-order valence-corrected chi connectivity index (χ0v) is 18.0. The fraction of sp³-hybridized carbons (Fsp3) is 0.684. The van der Waals surface area contributed by atoms with Crippen LogP contribution in [0, 0.1) is 0 Å². The third kappa shape index (κ3) is 7.27. The predicted molar refractivity (Wildman–Crippen MR) is 106 cm³/mol. The van der Waals surface area contributed by atoms with E-state index in [-0.39, 0.29) is 17.6 Å². The summed E-state index contributed by atoms with van der Waals surface area (Å²) in [5.74, 6) is 0. The number of rotatable bonds is 6. The Morgan fingerprint density at radius 3 is 2.85 bits per heavy atom. The number of pyridine rings is 1. The van der Waals surface area contributed by atoms with Crippen LogP contribution in [0.1, 0.15) is 52.1 Å². The van der Waals surface area contributed by atoms with Gasteiger partial charge in [0.05, 0.1) is 36.4 Å². The number of carbonyl (C=O) groups is 1. The van der Waals surface area contributed by atoms with E-state index < -0.39 is 11.7 Å². The highest BCUT2D eigenvalue weighted by Crippen LogP contribution is 2.20. The van der Waals surface area contributed by atoms with Gasteiger partial charge in [-0.05, 0) is 68.1 Å². The van der Waals surface area contributed by atoms with Gasteiger partial charge in [0.15, 0.2) is 0 Å². The summed E-state index contributed by atoms with van der Waals surface area (Å²) in [4.78, 5) is 24.2. The first kappa shape index (κ1) is 21.9. The summed E-state index contributed by atoms with van der Waals surface area (Å²) in [6.07, 6.45) is 3.24. The molecule has 1 saturated heterocycles. The predicted octanol–water partition coefficient (Wildman–Crippen LogP) is 3.39. The van der Waals surface area contributed by atoms with Crippen LogP contribution in [0.15, 0.2) is 21.5 Å². The van der Waals surface area contributed by atoms with Gasteiger partial charge in [-0.1, -0.05) is 0 Å². The van der Waals surface area contributed by atoms with Crippen molar-refractivity contribution < 1.29 is 19.0 Å². The molecule has 1 aliphatic rings. The molecule has 8 heteroatoms. The zero-order chi connectivity index (χ0) is 20.0. The lowest BCUT2D eigenvalue weighted by molar-refractivity contribution is 0.0440. The summed E-state index contributed by atoms with van der Waals surface area (Å²) in [7, 11) is 0. The summed E-state index contributed by atoms with van der Waals surface area (Å²) in [6, 6.07) is 1.63. The fourth-order valence-corrected chi connectivity index (χ4v) is 3.32. The van der Waals surface area contributed by atoms with Crippen molar-refractivity contribution in [1.29, 1.82) is 0 Å². The van der Waals surface area contributed by atoms with Crippen molar-refractivity contribution in [3.8, 4) is 0 Å². The minimum absolute atomic E-state index is 0.0512. The monoisotopic (exact) mass is 444 g/mol. The van der Waals surface area contributed by atoms with E-state index in [0.717, 1.165) is 25.0 Å². The van der Waals surface area contributed by atoms with Gasteiger partial charge in [0.25, 0.3) is 5.56 Å². The van der Waals surface area contributed by atoms with Crippen molar-refractivity contribution in [2.75, 3.05) is 19.8 Å². The Morgan fingerprint density at radius 1 is 1.48 bits per heavy atom. The van der Waals surface area contributed by atoms with Crippen LogP contribution in [0.2, 0.25) is 0 Å². The number of ether oxygens (including phenoxy) is 3. The number of aromatic nitrogens is 1. The third-order valence-electron chi connectivity index (χ3n) is 3.99. The van der Waals surface area contributed by atoms with E-state index in [0.29, 0.717) is 24.3 Å². The van der Waals surface area contributed by atoms with Crippen LogP contribution in [0.3, 0.4) is 0 Å². The van der Waals surface area contributed by atoms with Gasteiger partial charge in [-0.25, -0.2) is 4.79 Å². The molecule has 0 bridgehead atoms. The summed E-state index contributed by atoms with van der Waals surface area (Å²) < 4.78 is 18.7. The second kappa shape index (κ2) is 9.71. The maximum absolute atomic E-state index is 12.4. The van der Waals surface area contributed by atoms with E-state index in [9.17, 15) is 9.59 Å². The number of alkyl carbamates (subject to hydrolysis) is 1. The number of carbonyl (C=O) groups excluding carboxylic acids is 1. The van der Waals surface area contributed by atoms with Crippen LogP contribution < -0.4 is 10.9 Å². The normalized spacial score (nSPS) is 18.8. The maximum atomic E-state index is 12.4. The van der Waals surface area contributed by atoms with Gasteiger partial charge in [0.2, 0.25) is 0 Å². The topological polar surface area (TPSA) is 78.8 Å². The Bertz CT molecular complexity index is 692. The van der Waals surface area contributed by atoms with E-state index in [2.05, 4.69) is 21.2 Å². The molecule has 7 nitrogen and oxygen atoms in total. The lowest BCUT2D eigenvalue weighted by Gasteiger charge is -2.25. The molecule has 2 heterocycles. The minimum atomic E-state index is -0.534. The molecule has 1 aromatic heterocycles. The van der Waals surface area contributed by atoms with E-state index in [1.54, 1.807) is 10.6 Å². The van der Waals surface area contributed by atoms with Crippen molar-refractivity contribution in [1.82, 2.24) is 9.88 Å². The number of nitrogens with zero attached hydrogens (tertiary/aromatic N) is 1. The van der Waals surface area contributed by atoms with E-state index >= 15 is 0 Å². The van der Waals surface area contributed by atoms with Crippen molar-refractivity contribution in [3.05, 3.63) is 32.7 Å². The molecule has 0 saturated carbocycles. The molecule has 27 heavy (non-hydrogen) atoms. The first-order valence-electron chi connectivity index (χ1n) is 9.21. The number of halogens is 1. The largest absolute Gasteiger partial charge is 0.444 e. The fourth-order valence-electron chi connectivity index (χ4n) is 2.82. The molecule has 1 amide bonds. The highest BCUT2D eigenvalue weighted by atomic mass is 79.9. The van der Waals surface area contributed by atoms with Gasteiger partial charge in [0.1, 0.15) is 5.60 Å². The molecule has 2 atom stereocenters. The van der Waals surface area contributed by atoms with Crippen molar-refractivity contribution in [2.45, 2.75) is 64.8 Å². The summed E-state index contributed by atoms with van der Waals surface area (Å²) in [6.45, 7) is 9.27. The van der Waals surface area contributed by atoms with Gasteiger partial charge in [0, 0.05) is 12.8 Å². The van der Waals surface area contributed by atoms with E-state index in [4.69, 9.17) is 14.2 Å². The number of nitrogens with one attached hydrogen (secondary N) is 1. The molecule has 1 N–H and O–H groups in total. The summed E-state index contributed by atoms with van der Waals surface area (Å²) in [5, 5.41) is 2.74. The molecule has 0 aliphatic carbocycles. The molecule has 0 aromatic carbocycles. The standard InChI is InChI=1S/C19H29BrN2O5/c1-13(21-18(24)27-19(2,3)4)10-26-11-14-8-16(20)17(23)22(9-14)15-6-5-7-25-12-15/h8-9,13,15H,5-7,10-12H2,1-4H3,(H,21,24)/t13-,15?/m1/s1. The molecular weight excluding hydrogens is 416 g/mol. The smallest absolute Gasteiger partial charge is 0.407 e. The lowest BCUT2D eigenvalue weighted by Crippen LogP contribution is -2.39. The molecule has 2 rings (SSSR count). The van der Waals surface area contributed by atoms with Crippen LogP contribution in [0.5, 0.6) is 0 Å². The van der Waals surface area contributed by atoms with E-state index in [1.165, 1.54) is 0 Å². The van der Waals surface area contributed by atoms with Crippen LogP contribution in [0.25, 0.3) is 0 Å². The van der Waals surface area contributed by atoms with E-state index in [1.807, 2.05) is 33.9 Å². The second-order valence-electron chi connectivity index (χ2n) is 7.84. The highest BCUT2D eigenvalue weighted by Gasteiger charge is 2.19. The number of amides is 1. The maximum Gasteiger partial charge on any atom is 0.407 e. The molecular formula is C19H29BrN2O5. The molecule has 1 aliphatic heterocycles. The molecule has 0 spiro atoms. The first-order chi connectivity index (χ1) is 12.7. The third-order valence-corrected chi connectivity index (χ3v) is 4.55. The quantitative estimate of drug-likeness (QED) is 0.727. The Labute approximate surface area is 168 Å². The first-order valence-corrected chi connectivity index (χ1v) is 10.0. The van der Waals surface area contributed by atoms with Crippen LogP contribution in [-0.2, 0) is 20.8 Å². The SMILES string of the molecule is C[C@H](COCc1cc(Br)c(=O)n(C2CCCOC2)c1)NC(=O)OC(C)(C)C. The van der Waals surface area contributed by atoms with Crippen molar-refractivity contribution in [3.63, 3.8) is 0 Å². The average Bonchev–Trinajstić information content (AvgIpc) is 2.56. The average molecular weight is 445 g/mol. The van der Waals surface area contributed by atoms with Gasteiger partial charge >= 0.3 is 6.09 Å². The molecule has 1 unspecified atom stereocenters. The molecule has 152 valence electrons. The van der Waals surface area contributed by atoms with Crippen molar-refractivity contribution >= 4 is 22.0 Å². The Hall–Kier alpha value is -1.38. The van der Waals surface area contributed by atoms with Crippen molar-refractivity contribution in [2.24, 2.45) is 0 Å². The summed E-state index contributed by atoms with van der Waals surface area (Å²) in [5.41, 5.74) is 0.290. The molecule has 1 aromatic rings.